The zero-order valence-corrected chi connectivity index (χ0v) is 13.4. The summed E-state index contributed by atoms with van der Waals surface area (Å²) >= 11 is 0. The number of carbonyl (C=O) groups is 1. The molecule has 118 valence electrons. The van der Waals surface area contributed by atoms with Crippen LogP contribution in [0, 0.1) is 0 Å². The van der Waals surface area contributed by atoms with Crippen LogP contribution in [0.15, 0.2) is 0 Å². The monoisotopic (exact) mass is 306 g/mol. The average Bonchev–Trinajstić information content (AvgIpc) is 2.44. The van der Waals surface area contributed by atoms with E-state index in [4.69, 9.17) is 4.74 Å². The van der Waals surface area contributed by atoms with Crippen molar-refractivity contribution in [1.29, 1.82) is 0 Å². The summed E-state index contributed by atoms with van der Waals surface area (Å²) in [4.78, 5) is 13.9. The number of hydrogen-bond donors (Lipinski definition) is 1. The summed E-state index contributed by atoms with van der Waals surface area (Å²) in [5.41, 5.74) is 0. The molecule has 0 unspecified atom stereocenters. The normalized spacial score (nSPS) is 19.1. The number of rotatable bonds is 7. The molecule has 0 aromatic carbocycles. The van der Waals surface area contributed by atoms with Crippen molar-refractivity contribution in [3.8, 4) is 0 Å². The molecule has 1 fully saturated rings. The Bertz CT molecular complexity index is 403. The summed E-state index contributed by atoms with van der Waals surface area (Å²) in [6.07, 6.45) is 3.23. The van der Waals surface area contributed by atoms with Crippen molar-refractivity contribution in [2.24, 2.45) is 0 Å². The fraction of sp³-hybridized carbons (Fsp3) is 0.923. The predicted molar refractivity (Wildman–Crippen MR) is 77.9 cm³/mol. The van der Waals surface area contributed by atoms with Crippen molar-refractivity contribution in [3.05, 3.63) is 0 Å². The number of piperidine rings is 1. The van der Waals surface area contributed by atoms with Crippen LogP contribution >= 0.6 is 0 Å². The van der Waals surface area contributed by atoms with E-state index in [9.17, 15) is 13.2 Å². The summed E-state index contributed by atoms with van der Waals surface area (Å²) in [6, 6.07) is -0.698. The quantitative estimate of drug-likeness (QED) is 0.752. The van der Waals surface area contributed by atoms with Crippen molar-refractivity contribution >= 4 is 15.9 Å². The molecule has 0 saturated carbocycles. The van der Waals surface area contributed by atoms with Gasteiger partial charge in [0.1, 0.15) is 0 Å². The molecule has 1 atom stereocenters. The third-order valence-electron chi connectivity index (χ3n) is 3.58. The number of carbonyl (C=O) groups excluding carboxylic acids is 1. The van der Waals surface area contributed by atoms with Gasteiger partial charge in [0, 0.05) is 20.2 Å². The van der Waals surface area contributed by atoms with E-state index >= 15 is 0 Å². The summed E-state index contributed by atoms with van der Waals surface area (Å²) in [5, 5.41) is 0. The SMILES string of the molecule is CCCCS(=O)(=O)N[C@H](C)C(=O)N1CCC(OC)CC1. The molecule has 1 aliphatic heterocycles. The fourth-order valence-corrected chi connectivity index (χ4v) is 3.72. The highest BCUT2D eigenvalue weighted by atomic mass is 32.2. The Kier molecular flexibility index (Phi) is 6.91. The van der Waals surface area contributed by atoms with E-state index in [0.717, 1.165) is 19.3 Å². The predicted octanol–water partition coefficient (Wildman–Crippen LogP) is 0.732. The minimum Gasteiger partial charge on any atom is -0.381 e. The van der Waals surface area contributed by atoms with Gasteiger partial charge in [0.05, 0.1) is 17.9 Å². The minimum absolute atomic E-state index is 0.0763. The lowest BCUT2D eigenvalue weighted by Crippen LogP contribution is -2.50. The molecule has 1 aliphatic rings. The van der Waals surface area contributed by atoms with E-state index < -0.39 is 16.1 Å². The Morgan fingerprint density at radius 3 is 2.50 bits per heavy atom. The first-order valence-electron chi connectivity index (χ1n) is 7.21. The Hall–Kier alpha value is -0.660. The van der Waals surface area contributed by atoms with Crippen molar-refractivity contribution in [2.45, 2.75) is 51.7 Å². The molecule has 7 heteroatoms. The average molecular weight is 306 g/mol. The molecule has 1 heterocycles. The molecule has 1 amide bonds. The van der Waals surface area contributed by atoms with Crippen molar-refractivity contribution in [3.63, 3.8) is 0 Å². The van der Waals surface area contributed by atoms with Crippen LogP contribution in [0.2, 0.25) is 0 Å². The van der Waals surface area contributed by atoms with Gasteiger partial charge >= 0.3 is 0 Å². The van der Waals surface area contributed by atoms with Crippen LogP contribution in [-0.4, -0.2) is 57.3 Å². The van der Waals surface area contributed by atoms with Crippen LogP contribution < -0.4 is 4.72 Å². The van der Waals surface area contributed by atoms with Crippen LogP contribution in [0.25, 0.3) is 0 Å². The minimum atomic E-state index is -3.36. The number of hydrogen-bond acceptors (Lipinski definition) is 4. The van der Waals surface area contributed by atoms with Gasteiger partial charge in [-0.25, -0.2) is 13.1 Å². The first kappa shape index (κ1) is 17.4. The lowest BCUT2D eigenvalue weighted by molar-refractivity contribution is -0.134. The first-order chi connectivity index (χ1) is 9.39. The van der Waals surface area contributed by atoms with Crippen LogP contribution in [0.1, 0.15) is 39.5 Å². The van der Waals surface area contributed by atoms with Crippen molar-refractivity contribution in [1.82, 2.24) is 9.62 Å². The Balaban J connectivity index is 2.47. The van der Waals surface area contributed by atoms with E-state index in [1.54, 1.807) is 18.9 Å². The number of nitrogens with zero attached hydrogens (tertiary/aromatic N) is 1. The van der Waals surface area contributed by atoms with Crippen LogP contribution in [0.4, 0.5) is 0 Å². The number of likely N-dealkylation sites (tertiary alicyclic amines) is 1. The topological polar surface area (TPSA) is 75.7 Å². The fourth-order valence-electron chi connectivity index (χ4n) is 2.30. The molecule has 0 bridgehead atoms. The van der Waals surface area contributed by atoms with Crippen molar-refractivity contribution in [2.75, 3.05) is 26.0 Å². The summed E-state index contributed by atoms with van der Waals surface area (Å²) < 4.78 is 31.3. The lowest BCUT2D eigenvalue weighted by atomic mass is 10.1. The smallest absolute Gasteiger partial charge is 0.240 e. The number of methoxy groups -OCH3 is 1. The molecule has 1 N–H and O–H groups in total. The van der Waals surface area contributed by atoms with Crippen LogP contribution in [0.3, 0.4) is 0 Å². The van der Waals surface area contributed by atoms with Gasteiger partial charge in [-0.05, 0) is 26.2 Å². The number of unbranched alkanes of at least 4 members (excludes halogenated alkanes) is 1. The first-order valence-corrected chi connectivity index (χ1v) is 8.86. The van der Waals surface area contributed by atoms with Crippen LogP contribution in [0.5, 0.6) is 0 Å². The number of sulfonamides is 1. The molecule has 1 rings (SSSR count). The molecule has 0 aromatic rings. The van der Waals surface area contributed by atoms with Gasteiger partial charge in [-0.1, -0.05) is 13.3 Å². The molecule has 0 spiro atoms. The maximum atomic E-state index is 12.2. The van der Waals surface area contributed by atoms with Gasteiger partial charge in [0.15, 0.2) is 0 Å². The molecule has 0 aromatic heterocycles. The number of ether oxygens (including phenoxy) is 1. The second kappa shape index (κ2) is 7.95. The third-order valence-corrected chi connectivity index (χ3v) is 5.12. The van der Waals surface area contributed by atoms with E-state index in [0.29, 0.717) is 19.5 Å². The highest BCUT2D eigenvalue weighted by Gasteiger charge is 2.27. The Morgan fingerprint density at radius 1 is 1.40 bits per heavy atom. The van der Waals surface area contributed by atoms with Gasteiger partial charge in [-0.15, -0.1) is 0 Å². The van der Waals surface area contributed by atoms with Gasteiger partial charge in [-0.3, -0.25) is 4.79 Å². The van der Waals surface area contributed by atoms with E-state index in [-0.39, 0.29) is 17.8 Å². The van der Waals surface area contributed by atoms with Gasteiger partial charge in [-0.2, -0.15) is 0 Å². The molecular formula is C13H26N2O4S. The summed E-state index contributed by atoms with van der Waals surface area (Å²) in [6.45, 7) is 4.79. The number of amides is 1. The van der Waals surface area contributed by atoms with E-state index in [1.165, 1.54) is 0 Å². The highest BCUT2D eigenvalue weighted by molar-refractivity contribution is 7.89. The van der Waals surface area contributed by atoms with Gasteiger partial charge < -0.3 is 9.64 Å². The molecular weight excluding hydrogens is 280 g/mol. The molecule has 0 aliphatic carbocycles. The summed E-state index contributed by atoms with van der Waals surface area (Å²) in [7, 11) is -1.69. The maximum absolute atomic E-state index is 12.2. The second-order valence-corrected chi connectivity index (χ2v) is 7.15. The molecule has 1 saturated heterocycles. The van der Waals surface area contributed by atoms with Gasteiger partial charge in [0.2, 0.25) is 15.9 Å². The zero-order valence-electron chi connectivity index (χ0n) is 12.6. The maximum Gasteiger partial charge on any atom is 0.240 e. The van der Waals surface area contributed by atoms with Crippen LogP contribution in [-0.2, 0) is 19.6 Å². The highest BCUT2D eigenvalue weighted by Crippen LogP contribution is 2.14. The third kappa shape index (κ3) is 5.38. The Morgan fingerprint density at radius 2 is 2.00 bits per heavy atom. The Labute approximate surface area is 121 Å². The second-order valence-electron chi connectivity index (χ2n) is 5.27. The summed E-state index contributed by atoms with van der Waals surface area (Å²) in [5.74, 6) is -0.0769. The zero-order chi connectivity index (χ0) is 15.2. The molecule has 6 nitrogen and oxygen atoms in total. The van der Waals surface area contributed by atoms with Crippen molar-refractivity contribution < 1.29 is 17.9 Å². The molecule has 0 radical (unpaired) electrons. The number of nitrogens with one attached hydrogen (secondary N) is 1. The standard InChI is InChI=1S/C13H26N2O4S/c1-4-5-10-20(17,18)14-11(2)13(16)15-8-6-12(19-3)7-9-15/h11-12,14H,4-10H2,1-3H3/t11-/m1/s1. The van der Waals surface area contributed by atoms with E-state index in [2.05, 4.69) is 4.72 Å². The molecule has 20 heavy (non-hydrogen) atoms. The van der Waals surface area contributed by atoms with Gasteiger partial charge in [0.25, 0.3) is 0 Å². The largest absolute Gasteiger partial charge is 0.381 e. The lowest BCUT2D eigenvalue weighted by Gasteiger charge is -2.33. The van der Waals surface area contributed by atoms with E-state index in [1.807, 2.05) is 6.92 Å².